The molecular formula is C16H15F3N6O4S. The van der Waals surface area contributed by atoms with Crippen molar-refractivity contribution in [1.29, 1.82) is 5.41 Å². The average molecular weight is 444 g/mol. The molecule has 0 aromatic heterocycles. The van der Waals surface area contributed by atoms with Crippen molar-refractivity contribution in [1.82, 2.24) is 5.06 Å². The van der Waals surface area contributed by atoms with E-state index < -0.39 is 45.2 Å². The largest absolute Gasteiger partial charge is 0.416 e. The maximum absolute atomic E-state index is 12.9. The van der Waals surface area contributed by atoms with Crippen molar-refractivity contribution < 1.29 is 31.2 Å². The van der Waals surface area contributed by atoms with E-state index in [1.165, 1.54) is 0 Å². The van der Waals surface area contributed by atoms with Gasteiger partial charge in [0.2, 0.25) is 11.9 Å². The van der Waals surface area contributed by atoms with Crippen LogP contribution in [0.5, 0.6) is 5.75 Å². The summed E-state index contributed by atoms with van der Waals surface area (Å²) in [6, 6.07) is 7.74. The fraction of sp³-hybridized carbons (Fsp3) is 0.0625. The molecule has 2 rings (SSSR count). The van der Waals surface area contributed by atoms with E-state index in [1.807, 2.05) is 0 Å². The lowest BCUT2D eigenvalue weighted by Gasteiger charge is -2.20. The van der Waals surface area contributed by atoms with Gasteiger partial charge in [-0.05, 0) is 42.5 Å². The molecule has 30 heavy (non-hydrogen) atoms. The van der Waals surface area contributed by atoms with Crippen molar-refractivity contribution in [3.63, 3.8) is 0 Å². The number of carbonyl (C=O) groups excluding carboxylic acids is 1. The predicted octanol–water partition coefficient (Wildman–Crippen LogP) is 0.997. The smallest absolute Gasteiger partial charge is 0.369 e. The van der Waals surface area contributed by atoms with Crippen LogP contribution in [0, 0.1) is 5.41 Å². The first-order chi connectivity index (χ1) is 13.8. The summed E-state index contributed by atoms with van der Waals surface area (Å²) in [5.74, 6) is -2.89. The molecule has 14 heteroatoms. The monoisotopic (exact) mass is 444 g/mol. The first-order valence-electron chi connectivity index (χ1n) is 7.81. The van der Waals surface area contributed by atoms with Gasteiger partial charge in [-0.1, -0.05) is 6.07 Å². The summed E-state index contributed by atoms with van der Waals surface area (Å²) in [7, 11) is -4.17. The lowest BCUT2D eigenvalue weighted by atomic mass is 10.1. The molecule has 0 aliphatic heterocycles. The van der Waals surface area contributed by atoms with Gasteiger partial charge in [-0.2, -0.15) is 21.6 Å². The third kappa shape index (κ3) is 5.38. The number of hydrogen-bond acceptors (Lipinski definition) is 5. The second-order valence-electron chi connectivity index (χ2n) is 5.62. The summed E-state index contributed by atoms with van der Waals surface area (Å²) >= 11 is 0. The Labute approximate surface area is 168 Å². The molecule has 0 aliphatic carbocycles. The van der Waals surface area contributed by atoms with Crippen LogP contribution >= 0.6 is 0 Å². The number of guanidine groups is 2. The normalized spacial score (nSPS) is 11.4. The molecule has 0 fully saturated rings. The van der Waals surface area contributed by atoms with E-state index in [9.17, 15) is 26.4 Å². The molecular weight excluding hydrogens is 429 g/mol. The minimum absolute atomic E-state index is 0.144. The number of benzene rings is 2. The Morgan fingerprint density at radius 3 is 2.17 bits per heavy atom. The molecule has 0 aliphatic rings. The number of sulfonamides is 1. The standard InChI is InChI=1S/C16H15F3N6O4S/c17-16(18,19)10-3-1-2-9(8-10)13(26)25(15(22)23)29-11-4-6-12(7-5-11)30(27,28)24-14(20)21/h1-8H,(H3,22,23)(H4,20,21,24). The maximum Gasteiger partial charge on any atom is 0.416 e. The molecule has 0 saturated heterocycles. The Morgan fingerprint density at radius 2 is 1.67 bits per heavy atom. The Balaban J connectivity index is 2.30. The van der Waals surface area contributed by atoms with Gasteiger partial charge in [0.15, 0.2) is 5.75 Å². The van der Waals surface area contributed by atoms with Crippen molar-refractivity contribution in [2.75, 3.05) is 0 Å². The number of nitrogens with two attached hydrogens (primary N) is 3. The van der Waals surface area contributed by atoms with Crippen LogP contribution in [-0.4, -0.2) is 31.3 Å². The number of halogens is 3. The van der Waals surface area contributed by atoms with Crippen LogP contribution in [-0.2, 0) is 16.2 Å². The van der Waals surface area contributed by atoms with Gasteiger partial charge in [0, 0.05) is 5.56 Å². The van der Waals surface area contributed by atoms with Crippen LogP contribution in [0.1, 0.15) is 15.9 Å². The number of rotatable bonds is 5. The summed E-state index contributed by atoms with van der Waals surface area (Å²) in [4.78, 5) is 17.3. The zero-order chi connectivity index (χ0) is 22.7. The average Bonchev–Trinajstić information content (AvgIpc) is 2.64. The third-order valence-electron chi connectivity index (χ3n) is 3.38. The minimum atomic E-state index is -4.69. The summed E-state index contributed by atoms with van der Waals surface area (Å²) in [5, 5.41) is 7.71. The van der Waals surface area contributed by atoms with Gasteiger partial charge in [0.05, 0.1) is 10.5 Å². The molecule has 0 unspecified atom stereocenters. The molecule has 0 saturated carbocycles. The number of carbonyl (C=O) groups is 1. The van der Waals surface area contributed by atoms with E-state index in [4.69, 9.17) is 27.4 Å². The summed E-state index contributed by atoms with van der Waals surface area (Å²) in [6.45, 7) is 0. The number of nitrogens with zero attached hydrogens (tertiary/aromatic N) is 2. The molecule has 0 bridgehead atoms. The topological polar surface area (TPSA) is 178 Å². The van der Waals surface area contributed by atoms with Crippen molar-refractivity contribution in [3.05, 3.63) is 59.7 Å². The number of nitrogens with one attached hydrogen (secondary N) is 1. The van der Waals surface area contributed by atoms with Crippen LogP contribution < -0.4 is 22.0 Å². The Bertz CT molecular complexity index is 1100. The third-order valence-corrected chi connectivity index (χ3v) is 4.70. The highest BCUT2D eigenvalue weighted by atomic mass is 32.2. The van der Waals surface area contributed by atoms with E-state index >= 15 is 0 Å². The number of hydroxylamine groups is 2. The predicted molar refractivity (Wildman–Crippen MR) is 99.6 cm³/mol. The maximum atomic E-state index is 12.9. The summed E-state index contributed by atoms with van der Waals surface area (Å²) in [6.07, 6.45) is -4.69. The minimum Gasteiger partial charge on any atom is -0.369 e. The molecule has 0 atom stereocenters. The van der Waals surface area contributed by atoms with Crippen molar-refractivity contribution in [2.24, 2.45) is 21.6 Å². The van der Waals surface area contributed by atoms with E-state index in [-0.39, 0.29) is 15.7 Å². The zero-order valence-electron chi connectivity index (χ0n) is 14.9. The first-order valence-corrected chi connectivity index (χ1v) is 9.25. The van der Waals surface area contributed by atoms with Crippen molar-refractivity contribution >= 4 is 27.8 Å². The van der Waals surface area contributed by atoms with Crippen molar-refractivity contribution in [2.45, 2.75) is 11.1 Å². The number of hydrogen-bond donors (Lipinski definition) is 4. The highest BCUT2D eigenvalue weighted by Crippen LogP contribution is 2.30. The summed E-state index contributed by atoms with van der Waals surface area (Å²) < 4.78 is 65.4. The Morgan fingerprint density at radius 1 is 1.07 bits per heavy atom. The fourth-order valence-electron chi connectivity index (χ4n) is 2.12. The second kappa shape index (κ2) is 8.28. The van der Waals surface area contributed by atoms with Gasteiger partial charge in [-0.15, -0.1) is 9.46 Å². The molecule has 2 aromatic carbocycles. The highest BCUT2D eigenvalue weighted by molar-refractivity contribution is 7.90. The van der Waals surface area contributed by atoms with Crippen LogP contribution in [0.25, 0.3) is 0 Å². The van der Waals surface area contributed by atoms with Crippen molar-refractivity contribution in [3.8, 4) is 5.75 Å². The number of amides is 1. The Hall–Kier alpha value is -3.81. The quantitative estimate of drug-likeness (QED) is 0.302. The molecule has 7 N–H and O–H groups in total. The van der Waals surface area contributed by atoms with E-state index in [0.29, 0.717) is 6.07 Å². The molecule has 160 valence electrons. The SMILES string of the molecule is N=C(N)N(Oc1ccc(S(=O)(=O)N=C(N)N)cc1)C(=O)c1cccc(C(F)(F)F)c1. The van der Waals surface area contributed by atoms with E-state index in [1.54, 1.807) is 0 Å². The van der Waals surface area contributed by atoms with Crippen LogP contribution in [0.3, 0.4) is 0 Å². The fourth-order valence-corrected chi connectivity index (χ4v) is 2.98. The van der Waals surface area contributed by atoms with Crippen LogP contribution in [0.4, 0.5) is 13.2 Å². The Kier molecular flexibility index (Phi) is 6.20. The van der Waals surface area contributed by atoms with Crippen LogP contribution in [0.15, 0.2) is 57.8 Å². The lowest BCUT2D eigenvalue weighted by molar-refractivity contribution is -0.137. The molecule has 2 aromatic rings. The van der Waals surface area contributed by atoms with E-state index in [2.05, 4.69) is 4.40 Å². The summed E-state index contributed by atoms with van der Waals surface area (Å²) in [5.41, 5.74) is 13.9. The van der Waals surface area contributed by atoms with Gasteiger partial charge in [0.25, 0.3) is 15.9 Å². The molecule has 0 radical (unpaired) electrons. The van der Waals surface area contributed by atoms with Gasteiger partial charge < -0.3 is 22.0 Å². The van der Waals surface area contributed by atoms with Gasteiger partial charge in [-0.3, -0.25) is 10.2 Å². The molecule has 1 amide bonds. The highest BCUT2D eigenvalue weighted by Gasteiger charge is 2.32. The molecule has 0 heterocycles. The van der Waals surface area contributed by atoms with Gasteiger partial charge in [0.1, 0.15) is 0 Å². The van der Waals surface area contributed by atoms with E-state index in [0.717, 1.165) is 42.5 Å². The second-order valence-corrected chi connectivity index (χ2v) is 7.22. The molecule has 0 spiro atoms. The van der Waals surface area contributed by atoms with Gasteiger partial charge in [-0.25, -0.2) is 0 Å². The first kappa shape index (κ1) is 22.5. The lowest BCUT2D eigenvalue weighted by Crippen LogP contribution is -2.43. The van der Waals surface area contributed by atoms with Gasteiger partial charge >= 0.3 is 6.18 Å². The molecule has 10 nitrogen and oxygen atoms in total. The zero-order valence-corrected chi connectivity index (χ0v) is 15.7. The number of alkyl halides is 3. The van der Waals surface area contributed by atoms with Crippen LogP contribution in [0.2, 0.25) is 0 Å².